The molecular weight excluding hydrogens is 302 g/mol. The lowest BCUT2D eigenvalue weighted by Crippen LogP contribution is -2.32. The van der Waals surface area contributed by atoms with Crippen molar-refractivity contribution in [3.05, 3.63) is 29.8 Å². The van der Waals surface area contributed by atoms with Crippen molar-refractivity contribution in [2.24, 2.45) is 5.14 Å². The third kappa shape index (κ3) is 4.81. The van der Waals surface area contributed by atoms with Crippen molar-refractivity contribution in [3.63, 3.8) is 0 Å². The molecule has 1 rings (SSSR count). The summed E-state index contributed by atoms with van der Waals surface area (Å²) >= 11 is 5.51. The number of nitrogens with two attached hydrogens (primary N) is 1. The highest BCUT2D eigenvalue weighted by molar-refractivity contribution is 7.89. The Hall–Kier alpha value is -1.62. The fraction of sp³-hybridized carbons (Fsp3) is 0.333. The minimum atomic E-state index is -3.73. The number of rotatable bonds is 6. The van der Waals surface area contributed by atoms with Gasteiger partial charge in [0.1, 0.15) is 5.88 Å². The van der Waals surface area contributed by atoms with E-state index in [0.29, 0.717) is 0 Å². The first kappa shape index (κ1) is 16.4. The molecule has 1 amide bonds. The molecule has 0 aliphatic rings. The predicted molar refractivity (Wildman–Crippen MR) is 74.2 cm³/mol. The number of amides is 1. The number of alkyl halides is 1. The Labute approximate surface area is 122 Å². The summed E-state index contributed by atoms with van der Waals surface area (Å²) in [4.78, 5) is 13.1. The van der Waals surface area contributed by atoms with Gasteiger partial charge in [0, 0.05) is 13.1 Å². The van der Waals surface area contributed by atoms with Crippen LogP contribution >= 0.6 is 11.6 Å². The first-order valence-corrected chi connectivity index (χ1v) is 7.79. The van der Waals surface area contributed by atoms with E-state index in [1.807, 2.05) is 6.07 Å². The van der Waals surface area contributed by atoms with Crippen molar-refractivity contribution in [1.29, 1.82) is 5.26 Å². The summed E-state index contributed by atoms with van der Waals surface area (Å²) in [7, 11) is -3.73. The average Bonchev–Trinajstić information content (AvgIpc) is 2.42. The number of sulfonamides is 1. The van der Waals surface area contributed by atoms with E-state index in [-0.39, 0.29) is 36.2 Å². The number of halogens is 1. The highest BCUT2D eigenvalue weighted by Crippen LogP contribution is 2.11. The Morgan fingerprint density at radius 3 is 2.40 bits per heavy atom. The van der Waals surface area contributed by atoms with Crippen LogP contribution in [-0.4, -0.2) is 31.6 Å². The van der Waals surface area contributed by atoms with Gasteiger partial charge >= 0.3 is 0 Å². The molecule has 20 heavy (non-hydrogen) atoms. The first-order chi connectivity index (χ1) is 9.38. The minimum absolute atomic E-state index is 0.00787. The van der Waals surface area contributed by atoms with E-state index in [2.05, 4.69) is 0 Å². The van der Waals surface area contributed by atoms with Crippen molar-refractivity contribution in [2.75, 3.05) is 12.4 Å². The Morgan fingerprint density at radius 1 is 1.35 bits per heavy atom. The molecule has 0 aliphatic carbocycles. The summed E-state index contributed by atoms with van der Waals surface area (Å²) in [6.45, 7) is 0.539. The monoisotopic (exact) mass is 315 g/mol. The Morgan fingerprint density at radius 2 is 1.95 bits per heavy atom. The summed E-state index contributed by atoms with van der Waals surface area (Å²) < 4.78 is 22.2. The number of nitrogens with zero attached hydrogens (tertiary/aromatic N) is 2. The first-order valence-electron chi connectivity index (χ1n) is 5.71. The maximum absolute atomic E-state index is 11.6. The summed E-state index contributed by atoms with van der Waals surface area (Å²) in [6.07, 6.45) is 0.206. The largest absolute Gasteiger partial charge is 0.336 e. The van der Waals surface area contributed by atoms with Gasteiger partial charge in [0.15, 0.2) is 0 Å². The van der Waals surface area contributed by atoms with E-state index in [9.17, 15) is 13.2 Å². The molecular formula is C12H14ClN3O3S. The van der Waals surface area contributed by atoms with Crippen LogP contribution in [0.3, 0.4) is 0 Å². The van der Waals surface area contributed by atoms with E-state index in [4.69, 9.17) is 22.0 Å². The molecule has 0 unspecified atom stereocenters. The smallest absolute Gasteiger partial charge is 0.238 e. The van der Waals surface area contributed by atoms with E-state index in [1.165, 1.54) is 17.0 Å². The highest BCUT2D eigenvalue weighted by atomic mass is 35.5. The predicted octanol–water partition coefficient (Wildman–Crippen LogP) is 0.815. The third-order valence-electron chi connectivity index (χ3n) is 2.59. The van der Waals surface area contributed by atoms with Crippen LogP contribution in [-0.2, 0) is 21.4 Å². The Balaban J connectivity index is 2.84. The molecule has 0 fully saturated rings. The zero-order valence-corrected chi connectivity index (χ0v) is 12.2. The van der Waals surface area contributed by atoms with Gasteiger partial charge in [-0.25, -0.2) is 13.6 Å². The van der Waals surface area contributed by atoms with Gasteiger partial charge in [-0.15, -0.1) is 11.6 Å². The maximum atomic E-state index is 11.6. The summed E-state index contributed by atoms with van der Waals surface area (Å²) in [5.41, 5.74) is 0.730. The fourth-order valence-electron chi connectivity index (χ4n) is 1.57. The zero-order chi connectivity index (χ0) is 15.2. The van der Waals surface area contributed by atoms with Crippen LogP contribution in [0.2, 0.25) is 0 Å². The quantitative estimate of drug-likeness (QED) is 0.784. The number of primary sulfonamides is 1. The van der Waals surface area contributed by atoms with Crippen LogP contribution in [0.15, 0.2) is 29.2 Å². The van der Waals surface area contributed by atoms with Crippen molar-refractivity contribution in [1.82, 2.24) is 4.90 Å². The highest BCUT2D eigenvalue weighted by Gasteiger charge is 2.13. The molecule has 6 nitrogen and oxygen atoms in total. The van der Waals surface area contributed by atoms with Crippen molar-refractivity contribution >= 4 is 27.5 Å². The molecule has 0 heterocycles. The average molecular weight is 316 g/mol. The van der Waals surface area contributed by atoms with Crippen LogP contribution in [0.1, 0.15) is 12.0 Å². The summed E-state index contributed by atoms with van der Waals surface area (Å²) in [6, 6.07) is 7.85. The number of hydrogen-bond donors (Lipinski definition) is 1. The molecule has 1 aromatic carbocycles. The number of carbonyl (C=O) groups is 1. The maximum Gasteiger partial charge on any atom is 0.238 e. The van der Waals surface area contributed by atoms with Gasteiger partial charge < -0.3 is 4.90 Å². The van der Waals surface area contributed by atoms with Crippen molar-refractivity contribution in [2.45, 2.75) is 17.9 Å². The second kappa shape index (κ2) is 7.24. The topological polar surface area (TPSA) is 104 Å². The lowest BCUT2D eigenvalue weighted by molar-refractivity contribution is -0.129. The lowest BCUT2D eigenvalue weighted by Gasteiger charge is -2.20. The molecule has 8 heteroatoms. The van der Waals surface area contributed by atoms with Gasteiger partial charge in [0.2, 0.25) is 15.9 Å². The minimum Gasteiger partial charge on any atom is -0.336 e. The van der Waals surface area contributed by atoms with Crippen LogP contribution in [0.4, 0.5) is 0 Å². The normalized spacial score (nSPS) is 10.8. The molecule has 0 spiro atoms. The van der Waals surface area contributed by atoms with Crippen LogP contribution in [0, 0.1) is 11.3 Å². The number of benzene rings is 1. The Kier molecular flexibility index (Phi) is 5.95. The van der Waals surface area contributed by atoms with Gasteiger partial charge in [0.05, 0.1) is 17.4 Å². The second-order valence-corrected chi connectivity index (χ2v) is 5.87. The molecule has 0 atom stereocenters. The number of nitriles is 1. The van der Waals surface area contributed by atoms with Crippen LogP contribution in [0.5, 0.6) is 0 Å². The molecule has 0 aliphatic heterocycles. The van der Waals surface area contributed by atoms with Crippen LogP contribution < -0.4 is 5.14 Å². The van der Waals surface area contributed by atoms with Gasteiger partial charge in [-0.05, 0) is 17.7 Å². The van der Waals surface area contributed by atoms with Gasteiger partial charge in [-0.2, -0.15) is 5.26 Å². The summed E-state index contributed by atoms with van der Waals surface area (Å²) in [5.74, 6) is -0.446. The van der Waals surface area contributed by atoms with Crippen molar-refractivity contribution < 1.29 is 13.2 Å². The van der Waals surface area contributed by atoms with Gasteiger partial charge in [-0.3, -0.25) is 4.79 Å². The molecule has 1 aromatic rings. The Bertz CT molecular complexity index is 608. The third-order valence-corrected chi connectivity index (χ3v) is 3.74. The molecule has 0 saturated heterocycles. The summed E-state index contributed by atoms with van der Waals surface area (Å²) in [5, 5.41) is 13.6. The van der Waals surface area contributed by atoms with Gasteiger partial charge in [0.25, 0.3) is 0 Å². The molecule has 0 bridgehead atoms. The molecule has 0 saturated carbocycles. The van der Waals surface area contributed by atoms with E-state index in [1.54, 1.807) is 12.1 Å². The standard InChI is InChI=1S/C12H14ClN3O3S/c13-8-12(17)16(7-1-6-14)9-10-2-4-11(5-3-10)20(15,18)19/h2-5H,1,7-9H2,(H2,15,18,19). The van der Waals surface area contributed by atoms with Crippen molar-refractivity contribution in [3.8, 4) is 6.07 Å². The second-order valence-electron chi connectivity index (χ2n) is 4.05. The van der Waals surface area contributed by atoms with E-state index >= 15 is 0 Å². The molecule has 108 valence electrons. The van der Waals surface area contributed by atoms with Gasteiger partial charge in [-0.1, -0.05) is 12.1 Å². The lowest BCUT2D eigenvalue weighted by atomic mass is 10.2. The van der Waals surface area contributed by atoms with E-state index in [0.717, 1.165) is 5.56 Å². The van der Waals surface area contributed by atoms with E-state index < -0.39 is 10.0 Å². The molecule has 0 aromatic heterocycles. The number of carbonyl (C=O) groups excluding carboxylic acids is 1. The zero-order valence-electron chi connectivity index (χ0n) is 10.6. The molecule has 2 N–H and O–H groups in total. The van der Waals surface area contributed by atoms with Crippen LogP contribution in [0.25, 0.3) is 0 Å². The molecule has 0 radical (unpaired) electrons. The fourth-order valence-corrected chi connectivity index (χ4v) is 2.25. The SMILES string of the molecule is N#CCCN(Cc1ccc(S(N)(=O)=O)cc1)C(=O)CCl. The number of hydrogen-bond acceptors (Lipinski definition) is 4.